The van der Waals surface area contributed by atoms with E-state index in [4.69, 9.17) is 0 Å². The highest BCUT2D eigenvalue weighted by Crippen LogP contribution is 2.48. The van der Waals surface area contributed by atoms with Crippen molar-refractivity contribution >= 4 is 0 Å². The number of nitriles is 1. The minimum absolute atomic E-state index is 0.205. The van der Waals surface area contributed by atoms with Gasteiger partial charge in [0.15, 0.2) is 0 Å². The molecule has 0 bridgehead atoms. The zero-order chi connectivity index (χ0) is 20.7. The van der Waals surface area contributed by atoms with Crippen LogP contribution in [0.4, 0.5) is 4.39 Å². The van der Waals surface area contributed by atoms with Gasteiger partial charge in [0.2, 0.25) is 0 Å². The van der Waals surface area contributed by atoms with Crippen LogP contribution in [0.25, 0.3) is 11.1 Å². The third-order valence-corrected chi connectivity index (χ3v) is 5.76. The van der Waals surface area contributed by atoms with E-state index in [1.54, 1.807) is 35.6 Å². The van der Waals surface area contributed by atoms with Crippen LogP contribution in [0.5, 0.6) is 0 Å². The maximum absolute atomic E-state index is 14.8. The molecule has 4 aromatic rings. The van der Waals surface area contributed by atoms with Crippen LogP contribution in [0, 0.1) is 17.1 Å². The van der Waals surface area contributed by atoms with Gasteiger partial charge in [-0.3, -0.25) is 4.98 Å². The van der Waals surface area contributed by atoms with Gasteiger partial charge in [-0.25, -0.2) is 9.37 Å². The minimum Gasteiger partial charge on any atom is -0.379 e. The number of aromatic nitrogens is 3. The number of hydrogen-bond acceptors (Lipinski definition) is 4. The lowest BCUT2D eigenvalue weighted by atomic mass is 9.84. The SMILES string of the molecule is N#Cc1cccc(F)c1[C@H]1C[C@](O)(c2cccc(-c3cccnc3)c2)c2cncn21. The zero-order valence-electron chi connectivity index (χ0n) is 15.9. The summed E-state index contributed by atoms with van der Waals surface area (Å²) in [5.74, 6) is -0.466. The molecule has 1 aliphatic heterocycles. The first kappa shape index (κ1) is 18.2. The molecule has 0 spiro atoms. The molecule has 0 saturated carbocycles. The monoisotopic (exact) mass is 396 g/mol. The average molecular weight is 396 g/mol. The van der Waals surface area contributed by atoms with E-state index in [9.17, 15) is 14.8 Å². The van der Waals surface area contributed by atoms with Crippen molar-refractivity contribution in [1.82, 2.24) is 14.5 Å². The molecule has 0 radical (unpaired) electrons. The van der Waals surface area contributed by atoms with Crippen LogP contribution in [-0.4, -0.2) is 19.6 Å². The van der Waals surface area contributed by atoms with Crippen LogP contribution < -0.4 is 0 Å². The van der Waals surface area contributed by atoms with Crippen molar-refractivity contribution in [2.45, 2.75) is 18.1 Å². The fourth-order valence-corrected chi connectivity index (χ4v) is 4.33. The molecule has 146 valence electrons. The van der Waals surface area contributed by atoms with Crippen molar-refractivity contribution in [2.75, 3.05) is 0 Å². The molecule has 2 atom stereocenters. The van der Waals surface area contributed by atoms with Gasteiger partial charge in [-0.15, -0.1) is 0 Å². The number of fused-ring (bicyclic) bond motifs is 1. The van der Waals surface area contributed by atoms with Crippen LogP contribution in [-0.2, 0) is 5.60 Å². The molecule has 30 heavy (non-hydrogen) atoms. The van der Waals surface area contributed by atoms with Crippen LogP contribution in [0.1, 0.15) is 34.8 Å². The Morgan fingerprint density at radius 2 is 1.90 bits per heavy atom. The lowest BCUT2D eigenvalue weighted by Crippen LogP contribution is -2.24. The lowest BCUT2D eigenvalue weighted by Gasteiger charge is -2.24. The molecule has 1 N–H and O–H groups in total. The summed E-state index contributed by atoms with van der Waals surface area (Å²) < 4.78 is 16.5. The van der Waals surface area contributed by atoms with Crippen molar-refractivity contribution in [3.8, 4) is 17.2 Å². The molecule has 0 saturated heterocycles. The molecule has 0 unspecified atom stereocenters. The van der Waals surface area contributed by atoms with E-state index in [1.807, 2.05) is 36.4 Å². The molecular formula is C24H17FN4O. The Bertz CT molecular complexity index is 1280. The summed E-state index contributed by atoms with van der Waals surface area (Å²) in [5, 5.41) is 21.3. The number of imidazole rings is 1. The standard InChI is InChI=1S/C24H17FN4O/c25-20-8-2-5-17(12-26)23(20)21-11-24(30,22-14-28-15-29(21)22)19-7-1-4-16(10-19)18-6-3-9-27-13-18/h1-10,13-15,21,30H,11H2/t21-,24+/m1/s1. The van der Waals surface area contributed by atoms with Crippen molar-refractivity contribution < 1.29 is 9.50 Å². The molecule has 5 nitrogen and oxygen atoms in total. The Morgan fingerprint density at radius 1 is 1.07 bits per heavy atom. The first-order chi connectivity index (χ1) is 14.6. The smallest absolute Gasteiger partial charge is 0.133 e. The third-order valence-electron chi connectivity index (χ3n) is 5.76. The van der Waals surface area contributed by atoms with E-state index >= 15 is 0 Å². The van der Waals surface area contributed by atoms with Crippen LogP contribution in [0.2, 0.25) is 0 Å². The minimum atomic E-state index is -1.37. The van der Waals surface area contributed by atoms with E-state index in [2.05, 4.69) is 16.0 Å². The second kappa shape index (κ2) is 6.90. The van der Waals surface area contributed by atoms with E-state index in [1.165, 1.54) is 12.1 Å². The summed E-state index contributed by atoms with van der Waals surface area (Å²) in [7, 11) is 0. The summed E-state index contributed by atoms with van der Waals surface area (Å²) in [6.45, 7) is 0. The highest BCUT2D eigenvalue weighted by atomic mass is 19.1. The Labute approximate surface area is 172 Å². The highest BCUT2D eigenvalue weighted by Gasteiger charge is 2.46. The van der Waals surface area contributed by atoms with Gasteiger partial charge >= 0.3 is 0 Å². The van der Waals surface area contributed by atoms with Crippen molar-refractivity contribution in [1.29, 1.82) is 5.26 Å². The molecule has 6 heteroatoms. The van der Waals surface area contributed by atoms with Crippen LogP contribution in [0.15, 0.2) is 79.5 Å². The Kier molecular flexibility index (Phi) is 4.19. The predicted molar refractivity (Wildman–Crippen MR) is 109 cm³/mol. The average Bonchev–Trinajstić information content (AvgIpc) is 3.38. The van der Waals surface area contributed by atoms with E-state index in [0.717, 1.165) is 11.1 Å². The molecule has 5 rings (SSSR count). The lowest BCUT2D eigenvalue weighted by molar-refractivity contribution is 0.0793. The Hall–Kier alpha value is -3.82. The molecule has 1 aliphatic rings. The Morgan fingerprint density at radius 3 is 2.70 bits per heavy atom. The molecule has 3 heterocycles. The van der Waals surface area contributed by atoms with Crippen molar-refractivity contribution in [2.24, 2.45) is 0 Å². The van der Waals surface area contributed by atoms with Gasteiger partial charge in [-0.1, -0.05) is 30.3 Å². The second-order valence-corrected chi connectivity index (χ2v) is 7.40. The van der Waals surface area contributed by atoms with Gasteiger partial charge in [0.05, 0.1) is 35.9 Å². The summed E-state index contributed by atoms with van der Waals surface area (Å²) in [4.78, 5) is 8.36. The molecule has 2 aromatic carbocycles. The molecule has 0 aliphatic carbocycles. The Balaban J connectivity index is 1.63. The quantitative estimate of drug-likeness (QED) is 0.564. The van der Waals surface area contributed by atoms with E-state index < -0.39 is 17.5 Å². The summed E-state index contributed by atoms with van der Waals surface area (Å²) in [6, 6.07) is 17.4. The van der Waals surface area contributed by atoms with E-state index in [0.29, 0.717) is 11.3 Å². The largest absolute Gasteiger partial charge is 0.379 e. The first-order valence-corrected chi connectivity index (χ1v) is 9.56. The predicted octanol–water partition coefficient (Wildman–Crippen LogP) is 4.18. The number of rotatable bonds is 3. The van der Waals surface area contributed by atoms with Gasteiger partial charge in [0.1, 0.15) is 11.4 Å². The summed E-state index contributed by atoms with van der Waals surface area (Å²) in [5.41, 5.74) is 2.28. The van der Waals surface area contributed by atoms with Gasteiger partial charge in [-0.05, 0) is 41.0 Å². The second-order valence-electron chi connectivity index (χ2n) is 7.40. The normalized spacial score (nSPS) is 20.0. The summed E-state index contributed by atoms with van der Waals surface area (Å²) >= 11 is 0. The number of pyridine rings is 1. The first-order valence-electron chi connectivity index (χ1n) is 9.56. The molecule has 0 amide bonds. The zero-order valence-corrected chi connectivity index (χ0v) is 15.9. The van der Waals surface area contributed by atoms with E-state index in [-0.39, 0.29) is 17.5 Å². The van der Waals surface area contributed by atoms with Gasteiger partial charge < -0.3 is 9.67 Å². The maximum Gasteiger partial charge on any atom is 0.133 e. The van der Waals surface area contributed by atoms with Gasteiger partial charge in [-0.2, -0.15) is 5.26 Å². The number of hydrogen-bond donors (Lipinski definition) is 1. The fourth-order valence-electron chi connectivity index (χ4n) is 4.33. The van der Waals surface area contributed by atoms with Crippen LogP contribution in [0.3, 0.4) is 0 Å². The van der Waals surface area contributed by atoms with Crippen LogP contribution >= 0.6 is 0 Å². The summed E-state index contributed by atoms with van der Waals surface area (Å²) in [6.07, 6.45) is 6.86. The van der Waals surface area contributed by atoms with Gasteiger partial charge in [0.25, 0.3) is 0 Å². The molecule has 0 fully saturated rings. The van der Waals surface area contributed by atoms with Crippen molar-refractivity contribution in [3.05, 3.63) is 108 Å². The highest BCUT2D eigenvalue weighted by molar-refractivity contribution is 5.64. The number of halogens is 1. The third kappa shape index (κ3) is 2.71. The fraction of sp³-hybridized carbons (Fsp3) is 0.125. The molecule has 2 aromatic heterocycles. The number of benzene rings is 2. The topological polar surface area (TPSA) is 74.7 Å². The molecular weight excluding hydrogens is 379 g/mol. The maximum atomic E-state index is 14.8. The van der Waals surface area contributed by atoms with Crippen molar-refractivity contribution in [3.63, 3.8) is 0 Å². The van der Waals surface area contributed by atoms with Gasteiger partial charge in [0, 0.05) is 24.4 Å². The number of aliphatic hydroxyl groups is 1. The number of nitrogens with zero attached hydrogens (tertiary/aromatic N) is 4.